The Kier molecular flexibility index (Phi) is 5.75. The molecule has 4 nitrogen and oxygen atoms in total. The van der Waals surface area contributed by atoms with Gasteiger partial charge < -0.3 is 10.4 Å². The number of carboxylic acids is 1. The van der Waals surface area contributed by atoms with Gasteiger partial charge in [-0.25, -0.2) is 0 Å². The summed E-state index contributed by atoms with van der Waals surface area (Å²) in [6.07, 6.45) is -4.79. The van der Waals surface area contributed by atoms with Crippen molar-refractivity contribution >= 4 is 11.9 Å². The molecule has 1 rings (SSSR count). The molecule has 0 aromatic heterocycles. The van der Waals surface area contributed by atoms with Crippen molar-refractivity contribution in [2.24, 2.45) is 0 Å². The number of carbonyl (C=O) groups is 2. The molecule has 1 aromatic rings. The first-order valence-corrected chi connectivity index (χ1v) is 6.36. The van der Waals surface area contributed by atoms with Gasteiger partial charge in [-0.15, -0.1) is 0 Å². The van der Waals surface area contributed by atoms with Crippen LogP contribution in [0.2, 0.25) is 0 Å². The highest BCUT2D eigenvalue weighted by atomic mass is 19.4. The summed E-state index contributed by atoms with van der Waals surface area (Å²) in [6, 6.07) is 4.47. The molecule has 1 amide bonds. The SMILES string of the molecule is CC(CCC(=O)O)NC(=O)Cc1ccccc1C(F)(F)F. The molecule has 2 N–H and O–H groups in total. The molecule has 116 valence electrons. The molecule has 21 heavy (non-hydrogen) atoms. The summed E-state index contributed by atoms with van der Waals surface area (Å²) in [5.41, 5.74) is -0.939. The van der Waals surface area contributed by atoms with Crippen molar-refractivity contribution in [2.45, 2.75) is 38.4 Å². The molecule has 0 bridgehead atoms. The van der Waals surface area contributed by atoms with E-state index in [1.165, 1.54) is 18.2 Å². The van der Waals surface area contributed by atoms with Gasteiger partial charge in [0.25, 0.3) is 0 Å². The molecule has 0 saturated carbocycles. The number of hydrogen-bond donors (Lipinski definition) is 2. The van der Waals surface area contributed by atoms with Gasteiger partial charge in [-0.3, -0.25) is 9.59 Å². The van der Waals surface area contributed by atoms with Gasteiger partial charge in [0.1, 0.15) is 0 Å². The molecule has 0 saturated heterocycles. The van der Waals surface area contributed by atoms with E-state index < -0.39 is 36.1 Å². The first-order chi connectivity index (χ1) is 9.70. The van der Waals surface area contributed by atoms with E-state index >= 15 is 0 Å². The third-order valence-corrected chi connectivity index (χ3v) is 2.87. The van der Waals surface area contributed by atoms with Crippen LogP contribution in [0.4, 0.5) is 13.2 Å². The highest BCUT2D eigenvalue weighted by Crippen LogP contribution is 2.31. The lowest BCUT2D eigenvalue weighted by Crippen LogP contribution is -2.34. The van der Waals surface area contributed by atoms with Crippen LogP contribution in [0.5, 0.6) is 0 Å². The van der Waals surface area contributed by atoms with Crippen molar-refractivity contribution in [2.75, 3.05) is 0 Å². The number of aliphatic carboxylic acids is 1. The molecule has 7 heteroatoms. The van der Waals surface area contributed by atoms with Crippen LogP contribution in [0.3, 0.4) is 0 Å². The molecule has 1 aromatic carbocycles. The van der Waals surface area contributed by atoms with Gasteiger partial charge in [0.15, 0.2) is 0 Å². The number of rotatable bonds is 6. The zero-order valence-corrected chi connectivity index (χ0v) is 11.4. The predicted molar refractivity (Wildman–Crippen MR) is 69.6 cm³/mol. The third kappa shape index (κ3) is 5.85. The van der Waals surface area contributed by atoms with E-state index in [2.05, 4.69) is 5.32 Å². The number of halogens is 3. The molecule has 0 heterocycles. The van der Waals surface area contributed by atoms with E-state index in [-0.39, 0.29) is 18.4 Å². The van der Waals surface area contributed by atoms with Crippen LogP contribution in [0.25, 0.3) is 0 Å². The summed E-state index contributed by atoms with van der Waals surface area (Å²) in [5, 5.41) is 11.0. The molecule has 0 radical (unpaired) electrons. The maximum atomic E-state index is 12.8. The summed E-state index contributed by atoms with van der Waals surface area (Å²) in [6.45, 7) is 1.61. The summed E-state index contributed by atoms with van der Waals surface area (Å²) in [5.74, 6) is -1.55. The van der Waals surface area contributed by atoms with Crippen LogP contribution in [0.15, 0.2) is 24.3 Å². The summed E-state index contributed by atoms with van der Waals surface area (Å²) >= 11 is 0. The number of amides is 1. The quantitative estimate of drug-likeness (QED) is 0.849. The highest BCUT2D eigenvalue weighted by Gasteiger charge is 2.33. The Labute approximate surface area is 120 Å². The van der Waals surface area contributed by atoms with Crippen molar-refractivity contribution < 1.29 is 27.9 Å². The second-order valence-electron chi connectivity index (χ2n) is 4.73. The predicted octanol–water partition coefficient (Wildman–Crippen LogP) is 2.62. The summed E-state index contributed by atoms with van der Waals surface area (Å²) < 4.78 is 38.3. The number of alkyl halides is 3. The first-order valence-electron chi connectivity index (χ1n) is 6.36. The smallest absolute Gasteiger partial charge is 0.416 e. The topological polar surface area (TPSA) is 66.4 Å². The third-order valence-electron chi connectivity index (χ3n) is 2.87. The van der Waals surface area contributed by atoms with E-state index in [0.717, 1.165) is 6.07 Å². The monoisotopic (exact) mass is 303 g/mol. The minimum absolute atomic E-state index is 0.104. The van der Waals surface area contributed by atoms with Crippen LogP contribution in [0.1, 0.15) is 30.9 Å². The van der Waals surface area contributed by atoms with Crippen molar-refractivity contribution in [1.29, 1.82) is 0 Å². The van der Waals surface area contributed by atoms with Gasteiger partial charge >= 0.3 is 12.1 Å². The second-order valence-corrected chi connectivity index (χ2v) is 4.73. The van der Waals surface area contributed by atoms with Crippen LogP contribution in [-0.4, -0.2) is 23.0 Å². The Morgan fingerprint density at radius 2 is 1.90 bits per heavy atom. The molecule has 0 spiro atoms. The van der Waals surface area contributed by atoms with E-state index in [9.17, 15) is 22.8 Å². The largest absolute Gasteiger partial charge is 0.481 e. The molecule has 0 aliphatic carbocycles. The first kappa shape index (κ1) is 17.0. The molecular formula is C14H16F3NO3. The molecule has 0 aliphatic rings. The molecule has 1 unspecified atom stereocenters. The number of carbonyl (C=O) groups excluding carboxylic acids is 1. The van der Waals surface area contributed by atoms with Crippen molar-refractivity contribution in [1.82, 2.24) is 5.32 Å². The van der Waals surface area contributed by atoms with E-state index in [4.69, 9.17) is 5.11 Å². The highest BCUT2D eigenvalue weighted by molar-refractivity contribution is 5.79. The number of hydrogen-bond acceptors (Lipinski definition) is 2. The van der Waals surface area contributed by atoms with E-state index in [1.807, 2.05) is 0 Å². The van der Waals surface area contributed by atoms with Crippen LogP contribution in [-0.2, 0) is 22.2 Å². The van der Waals surface area contributed by atoms with Crippen molar-refractivity contribution in [3.8, 4) is 0 Å². The number of carboxylic acid groups (broad SMARTS) is 1. The Hall–Kier alpha value is -2.05. The number of benzene rings is 1. The van der Waals surface area contributed by atoms with Gasteiger partial charge in [0, 0.05) is 12.5 Å². The summed E-state index contributed by atoms with van der Waals surface area (Å²) in [7, 11) is 0. The lowest BCUT2D eigenvalue weighted by molar-refractivity contribution is -0.139. The molecule has 0 aliphatic heterocycles. The minimum Gasteiger partial charge on any atom is -0.481 e. The Balaban J connectivity index is 2.65. The van der Waals surface area contributed by atoms with Gasteiger partial charge in [0.2, 0.25) is 5.91 Å². The van der Waals surface area contributed by atoms with Crippen LogP contribution < -0.4 is 5.32 Å². The fourth-order valence-electron chi connectivity index (χ4n) is 1.86. The van der Waals surface area contributed by atoms with E-state index in [0.29, 0.717) is 0 Å². The normalized spacial score (nSPS) is 12.8. The van der Waals surface area contributed by atoms with Gasteiger partial charge in [-0.2, -0.15) is 13.2 Å². The maximum Gasteiger partial charge on any atom is 0.416 e. The summed E-state index contributed by atoms with van der Waals surface area (Å²) in [4.78, 5) is 22.1. The Morgan fingerprint density at radius 3 is 2.48 bits per heavy atom. The Bertz CT molecular complexity index is 514. The van der Waals surface area contributed by atoms with Gasteiger partial charge in [-0.1, -0.05) is 18.2 Å². The molecule has 0 fully saturated rings. The maximum absolute atomic E-state index is 12.8. The molecule has 1 atom stereocenters. The minimum atomic E-state index is -4.51. The van der Waals surface area contributed by atoms with E-state index in [1.54, 1.807) is 6.92 Å². The standard InChI is InChI=1S/C14H16F3NO3/c1-9(6-7-13(20)21)18-12(19)8-10-4-2-3-5-11(10)14(15,16)17/h2-5,9H,6-8H2,1H3,(H,18,19)(H,20,21). The average Bonchev–Trinajstić information content (AvgIpc) is 2.35. The van der Waals surface area contributed by atoms with Gasteiger partial charge in [-0.05, 0) is 25.0 Å². The average molecular weight is 303 g/mol. The van der Waals surface area contributed by atoms with Crippen molar-refractivity contribution in [3.63, 3.8) is 0 Å². The lowest BCUT2D eigenvalue weighted by atomic mass is 10.0. The zero-order chi connectivity index (χ0) is 16.0. The van der Waals surface area contributed by atoms with Crippen LogP contribution >= 0.6 is 0 Å². The lowest BCUT2D eigenvalue weighted by Gasteiger charge is -2.15. The fraction of sp³-hybridized carbons (Fsp3) is 0.429. The zero-order valence-electron chi connectivity index (χ0n) is 11.4. The fourth-order valence-corrected chi connectivity index (χ4v) is 1.86. The van der Waals surface area contributed by atoms with Crippen molar-refractivity contribution in [3.05, 3.63) is 35.4 Å². The van der Waals surface area contributed by atoms with Gasteiger partial charge in [0.05, 0.1) is 12.0 Å². The second kappa shape index (κ2) is 7.10. The van der Waals surface area contributed by atoms with Crippen LogP contribution in [0, 0.1) is 0 Å². The Morgan fingerprint density at radius 1 is 1.29 bits per heavy atom. The molecular weight excluding hydrogens is 287 g/mol. The number of nitrogens with one attached hydrogen (secondary N) is 1.